The SMILES string of the molecule is Cc1sc2ncnc(NCC(=O)NCCc3ccc(F)cc3)c2c1C. The molecule has 1 aromatic carbocycles. The Morgan fingerprint density at radius 3 is 2.72 bits per heavy atom. The van der Waals surface area contributed by atoms with Crippen molar-refractivity contribution in [3.8, 4) is 0 Å². The van der Waals surface area contributed by atoms with E-state index in [-0.39, 0.29) is 18.3 Å². The molecule has 0 atom stereocenters. The van der Waals surface area contributed by atoms with Crippen molar-refractivity contribution >= 4 is 33.3 Å². The van der Waals surface area contributed by atoms with E-state index in [2.05, 4.69) is 20.6 Å². The van der Waals surface area contributed by atoms with Gasteiger partial charge in [-0.05, 0) is 43.5 Å². The van der Waals surface area contributed by atoms with Crippen molar-refractivity contribution < 1.29 is 9.18 Å². The highest BCUT2D eigenvalue weighted by Crippen LogP contribution is 2.32. The summed E-state index contributed by atoms with van der Waals surface area (Å²) < 4.78 is 12.9. The molecule has 7 heteroatoms. The molecule has 130 valence electrons. The van der Waals surface area contributed by atoms with Gasteiger partial charge in [-0.25, -0.2) is 14.4 Å². The number of benzene rings is 1. The highest BCUT2D eigenvalue weighted by Gasteiger charge is 2.12. The maximum Gasteiger partial charge on any atom is 0.239 e. The largest absolute Gasteiger partial charge is 0.360 e. The Morgan fingerprint density at radius 1 is 1.20 bits per heavy atom. The first kappa shape index (κ1) is 17.3. The molecule has 3 rings (SSSR count). The Balaban J connectivity index is 1.53. The number of carbonyl (C=O) groups is 1. The standard InChI is InChI=1S/C18H19FN4OS/c1-11-12(2)25-18-16(11)17(22-10-23-18)21-9-15(24)20-8-7-13-3-5-14(19)6-4-13/h3-6,10H,7-9H2,1-2H3,(H,20,24)(H,21,22,23). The first-order valence-electron chi connectivity index (χ1n) is 8.00. The van der Waals surface area contributed by atoms with Crippen molar-refractivity contribution in [1.29, 1.82) is 0 Å². The Labute approximate surface area is 149 Å². The smallest absolute Gasteiger partial charge is 0.239 e. The summed E-state index contributed by atoms with van der Waals surface area (Å²) in [7, 11) is 0. The topological polar surface area (TPSA) is 66.9 Å². The maximum absolute atomic E-state index is 12.9. The molecule has 0 aliphatic carbocycles. The average Bonchev–Trinajstić information content (AvgIpc) is 2.90. The number of halogens is 1. The minimum absolute atomic E-state index is 0.113. The van der Waals surface area contributed by atoms with Crippen molar-refractivity contribution in [3.05, 3.63) is 52.4 Å². The molecule has 2 N–H and O–H groups in total. The first-order chi connectivity index (χ1) is 12.0. The quantitative estimate of drug-likeness (QED) is 0.710. The highest BCUT2D eigenvalue weighted by molar-refractivity contribution is 7.18. The summed E-state index contributed by atoms with van der Waals surface area (Å²) in [4.78, 5) is 22.7. The number of fused-ring (bicyclic) bond motifs is 1. The van der Waals surface area contributed by atoms with Crippen molar-refractivity contribution in [2.45, 2.75) is 20.3 Å². The molecule has 25 heavy (non-hydrogen) atoms. The van der Waals surface area contributed by atoms with Crippen LogP contribution >= 0.6 is 11.3 Å². The number of nitrogens with zero attached hydrogens (tertiary/aromatic N) is 2. The van der Waals surface area contributed by atoms with E-state index in [1.165, 1.54) is 23.3 Å². The zero-order chi connectivity index (χ0) is 17.8. The van der Waals surface area contributed by atoms with Gasteiger partial charge in [0.15, 0.2) is 0 Å². The van der Waals surface area contributed by atoms with Crippen LogP contribution in [-0.2, 0) is 11.2 Å². The lowest BCUT2D eigenvalue weighted by Crippen LogP contribution is -2.31. The lowest BCUT2D eigenvalue weighted by Gasteiger charge is -2.08. The van der Waals surface area contributed by atoms with Crippen molar-refractivity contribution in [1.82, 2.24) is 15.3 Å². The van der Waals surface area contributed by atoms with Crippen molar-refractivity contribution in [3.63, 3.8) is 0 Å². The molecule has 0 unspecified atom stereocenters. The number of carbonyl (C=O) groups excluding carboxylic acids is 1. The van der Waals surface area contributed by atoms with Gasteiger partial charge < -0.3 is 10.6 Å². The zero-order valence-electron chi connectivity index (χ0n) is 14.1. The van der Waals surface area contributed by atoms with Crippen LogP contribution in [0.3, 0.4) is 0 Å². The van der Waals surface area contributed by atoms with E-state index in [9.17, 15) is 9.18 Å². The summed E-state index contributed by atoms with van der Waals surface area (Å²) in [5.74, 6) is 0.311. The molecule has 2 heterocycles. The van der Waals surface area contributed by atoms with E-state index in [0.717, 1.165) is 21.3 Å². The number of aryl methyl sites for hydroxylation is 2. The van der Waals surface area contributed by atoms with Gasteiger partial charge in [-0.1, -0.05) is 12.1 Å². The van der Waals surface area contributed by atoms with E-state index >= 15 is 0 Å². The highest BCUT2D eigenvalue weighted by atomic mass is 32.1. The van der Waals surface area contributed by atoms with Crippen LogP contribution in [0.1, 0.15) is 16.0 Å². The Kier molecular flexibility index (Phi) is 5.23. The zero-order valence-corrected chi connectivity index (χ0v) is 14.9. The minimum Gasteiger partial charge on any atom is -0.360 e. The van der Waals surface area contributed by atoms with Gasteiger partial charge in [-0.15, -0.1) is 11.3 Å². The van der Waals surface area contributed by atoms with Gasteiger partial charge in [-0.2, -0.15) is 0 Å². The van der Waals surface area contributed by atoms with Gasteiger partial charge in [0.25, 0.3) is 0 Å². The van der Waals surface area contributed by atoms with Gasteiger partial charge in [0.2, 0.25) is 5.91 Å². The molecule has 0 spiro atoms. The lowest BCUT2D eigenvalue weighted by atomic mass is 10.1. The number of amides is 1. The fourth-order valence-corrected chi connectivity index (χ4v) is 3.54. The fraction of sp³-hybridized carbons (Fsp3) is 0.278. The Bertz CT molecular complexity index is 892. The summed E-state index contributed by atoms with van der Waals surface area (Å²) in [6, 6.07) is 6.28. The predicted molar refractivity (Wildman–Crippen MR) is 98.5 cm³/mol. The normalized spacial score (nSPS) is 10.8. The van der Waals surface area contributed by atoms with Gasteiger partial charge in [0.1, 0.15) is 22.8 Å². The van der Waals surface area contributed by atoms with Crippen molar-refractivity contribution in [2.24, 2.45) is 0 Å². The summed E-state index contributed by atoms with van der Waals surface area (Å²) in [5.41, 5.74) is 2.12. The summed E-state index contributed by atoms with van der Waals surface area (Å²) in [5, 5.41) is 6.92. The molecule has 0 fully saturated rings. The summed E-state index contributed by atoms with van der Waals surface area (Å²) in [6.07, 6.45) is 2.17. The fourth-order valence-electron chi connectivity index (χ4n) is 2.54. The van der Waals surface area contributed by atoms with Crippen LogP contribution in [0.5, 0.6) is 0 Å². The van der Waals surface area contributed by atoms with E-state index in [1.807, 2.05) is 13.8 Å². The number of nitrogens with one attached hydrogen (secondary N) is 2. The number of hydrogen-bond donors (Lipinski definition) is 2. The number of thiophene rings is 1. The monoisotopic (exact) mass is 358 g/mol. The molecule has 0 aliphatic rings. The molecule has 1 amide bonds. The Hall–Kier alpha value is -2.54. The van der Waals surface area contributed by atoms with Gasteiger partial charge in [-0.3, -0.25) is 4.79 Å². The van der Waals surface area contributed by atoms with Crippen LogP contribution in [0.25, 0.3) is 10.2 Å². The van der Waals surface area contributed by atoms with E-state index < -0.39 is 0 Å². The number of aromatic nitrogens is 2. The van der Waals surface area contributed by atoms with E-state index in [4.69, 9.17) is 0 Å². The second kappa shape index (κ2) is 7.57. The van der Waals surface area contributed by atoms with Gasteiger partial charge in [0.05, 0.1) is 11.9 Å². The third kappa shape index (κ3) is 4.11. The number of rotatable bonds is 6. The molecule has 3 aromatic rings. The third-order valence-corrected chi connectivity index (χ3v) is 5.15. The first-order valence-corrected chi connectivity index (χ1v) is 8.82. The number of hydrogen-bond acceptors (Lipinski definition) is 5. The molecular weight excluding hydrogens is 339 g/mol. The van der Waals surface area contributed by atoms with Crippen LogP contribution in [0.15, 0.2) is 30.6 Å². The molecular formula is C18H19FN4OS. The third-order valence-electron chi connectivity index (χ3n) is 4.03. The van der Waals surface area contributed by atoms with Crippen LogP contribution < -0.4 is 10.6 Å². The van der Waals surface area contributed by atoms with Crippen molar-refractivity contribution in [2.75, 3.05) is 18.4 Å². The minimum atomic E-state index is -0.257. The molecule has 5 nitrogen and oxygen atoms in total. The van der Waals surface area contributed by atoms with E-state index in [0.29, 0.717) is 18.8 Å². The summed E-state index contributed by atoms with van der Waals surface area (Å²) >= 11 is 1.62. The maximum atomic E-state index is 12.9. The van der Waals surface area contributed by atoms with Crippen LogP contribution in [0, 0.1) is 19.7 Å². The molecule has 0 radical (unpaired) electrons. The summed E-state index contributed by atoms with van der Waals surface area (Å²) in [6.45, 7) is 4.73. The predicted octanol–water partition coefficient (Wildman–Crippen LogP) is 3.22. The molecule has 0 aliphatic heterocycles. The molecule has 0 saturated heterocycles. The Morgan fingerprint density at radius 2 is 1.96 bits per heavy atom. The molecule has 2 aromatic heterocycles. The van der Waals surface area contributed by atoms with Crippen LogP contribution in [0.2, 0.25) is 0 Å². The van der Waals surface area contributed by atoms with Gasteiger partial charge in [0, 0.05) is 11.4 Å². The van der Waals surface area contributed by atoms with Crippen LogP contribution in [0.4, 0.5) is 10.2 Å². The second-order valence-corrected chi connectivity index (χ2v) is 6.97. The van der Waals surface area contributed by atoms with Gasteiger partial charge >= 0.3 is 0 Å². The van der Waals surface area contributed by atoms with Crippen LogP contribution in [-0.4, -0.2) is 29.0 Å². The number of anilines is 1. The lowest BCUT2D eigenvalue weighted by molar-refractivity contribution is -0.119. The average molecular weight is 358 g/mol. The van der Waals surface area contributed by atoms with E-state index in [1.54, 1.807) is 23.5 Å². The molecule has 0 bridgehead atoms. The molecule has 0 saturated carbocycles. The second-order valence-electron chi connectivity index (χ2n) is 5.77.